The Bertz CT molecular complexity index is 1780. The Morgan fingerprint density at radius 1 is 1.02 bits per heavy atom. The van der Waals surface area contributed by atoms with Crippen LogP contribution in [0.2, 0.25) is 0 Å². The fourth-order valence-electron chi connectivity index (χ4n) is 4.53. The van der Waals surface area contributed by atoms with Gasteiger partial charge in [0, 0.05) is 34.8 Å². The number of aryl methyl sites for hydroxylation is 1. The summed E-state index contributed by atoms with van der Waals surface area (Å²) >= 11 is 0. The molecule has 218 valence electrons. The molecule has 0 fully saturated rings. The van der Waals surface area contributed by atoms with Gasteiger partial charge in [-0.25, -0.2) is 18.0 Å². The lowest BCUT2D eigenvalue weighted by molar-refractivity contribution is -0.141. The molecule has 0 amide bonds. The van der Waals surface area contributed by atoms with Gasteiger partial charge in [-0.05, 0) is 57.2 Å². The van der Waals surface area contributed by atoms with Crippen molar-refractivity contribution in [1.82, 2.24) is 4.57 Å². The Hall–Kier alpha value is -4.87. The van der Waals surface area contributed by atoms with Gasteiger partial charge < -0.3 is 23.5 Å². The van der Waals surface area contributed by atoms with Crippen LogP contribution in [-0.2, 0) is 11.3 Å². The molecule has 42 heavy (non-hydrogen) atoms. The molecule has 1 aromatic heterocycles. The SMILES string of the molecule is CCn1cc(/C=C2\Oc3c(ccc(OC(=O)C(C)Oc4c(F)c(F)c(F)c(F)c4F)c3C)C2=O)c2cc(OC)ccc21. The first kappa shape index (κ1) is 28.7. The van der Waals surface area contributed by atoms with Gasteiger partial charge >= 0.3 is 5.97 Å². The van der Waals surface area contributed by atoms with Crippen LogP contribution in [-0.4, -0.2) is 29.5 Å². The van der Waals surface area contributed by atoms with E-state index in [0.717, 1.165) is 17.8 Å². The van der Waals surface area contributed by atoms with E-state index < -0.39 is 52.7 Å². The highest BCUT2D eigenvalue weighted by Gasteiger charge is 2.33. The third kappa shape index (κ3) is 4.72. The number of carbonyl (C=O) groups excluding carboxylic acids is 2. The van der Waals surface area contributed by atoms with Crippen molar-refractivity contribution in [3.05, 3.63) is 88.1 Å². The molecule has 1 aliphatic heterocycles. The summed E-state index contributed by atoms with van der Waals surface area (Å²) in [7, 11) is 1.55. The van der Waals surface area contributed by atoms with Crippen molar-refractivity contribution in [2.45, 2.75) is 33.4 Å². The van der Waals surface area contributed by atoms with E-state index >= 15 is 0 Å². The molecule has 1 unspecified atom stereocenters. The van der Waals surface area contributed by atoms with Gasteiger partial charge in [-0.1, -0.05) is 0 Å². The van der Waals surface area contributed by atoms with Gasteiger partial charge in [0.2, 0.25) is 34.9 Å². The highest BCUT2D eigenvalue weighted by molar-refractivity contribution is 6.15. The van der Waals surface area contributed by atoms with E-state index in [9.17, 15) is 31.5 Å². The fourth-order valence-corrected chi connectivity index (χ4v) is 4.53. The van der Waals surface area contributed by atoms with Crippen LogP contribution in [0.15, 0.2) is 42.3 Å². The van der Waals surface area contributed by atoms with Crippen LogP contribution in [0.25, 0.3) is 17.0 Å². The van der Waals surface area contributed by atoms with Crippen LogP contribution in [0.5, 0.6) is 23.0 Å². The number of rotatable bonds is 7. The topological polar surface area (TPSA) is 76.0 Å². The van der Waals surface area contributed by atoms with Crippen LogP contribution in [0.4, 0.5) is 22.0 Å². The van der Waals surface area contributed by atoms with Crippen molar-refractivity contribution in [1.29, 1.82) is 0 Å². The number of allylic oxidation sites excluding steroid dienone is 1. The van der Waals surface area contributed by atoms with E-state index in [1.54, 1.807) is 13.2 Å². The first-order valence-electron chi connectivity index (χ1n) is 12.6. The number of ketones is 1. The number of fused-ring (bicyclic) bond motifs is 2. The molecule has 0 bridgehead atoms. The molecule has 0 saturated carbocycles. The summed E-state index contributed by atoms with van der Waals surface area (Å²) in [5, 5.41) is 0.838. The fraction of sp³-hybridized carbons (Fsp3) is 0.200. The first-order chi connectivity index (χ1) is 20.0. The van der Waals surface area contributed by atoms with E-state index in [1.165, 1.54) is 19.1 Å². The summed E-state index contributed by atoms with van der Waals surface area (Å²) in [6.45, 7) is 5.18. The lowest BCUT2D eigenvalue weighted by Gasteiger charge is -2.16. The third-order valence-corrected chi connectivity index (χ3v) is 6.79. The number of nitrogens with zero attached hydrogens (tertiary/aromatic N) is 1. The van der Waals surface area contributed by atoms with Gasteiger partial charge in [0.15, 0.2) is 17.6 Å². The number of methoxy groups -OCH3 is 1. The molecule has 3 aromatic carbocycles. The van der Waals surface area contributed by atoms with E-state index in [1.807, 2.05) is 35.9 Å². The third-order valence-electron chi connectivity index (χ3n) is 6.79. The van der Waals surface area contributed by atoms with Crippen molar-refractivity contribution in [3.8, 4) is 23.0 Å². The van der Waals surface area contributed by atoms with E-state index in [4.69, 9.17) is 18.9 Å². The molecule has 0 radical (unpaired) electrons. The lowest BCUT2D eigenvalue weighted by atomic mass is 10.1. The molecule has 7 nitrogen and oxygen atoms in total. The van der Waals surface area contributed by atoms with Gasteiger partial charge in [-0.2, -0.15) is 8.78 Å². The van der Waals surface area contributed by atoms with Crippen LogP contribution >= 0.6 is 0 Å². The highest BCUT2D eigenvalue weighted by Crippen LogP contribution is 2.40. The molecule has 0 saturated heterocycles. The normalized spacial score (nSPS) is 14.2. The largest absolute Gasteiger partial charge is 0.497 e. The maximum absolute atomic E-state index is 14.0. The number of benzene rings is 3. The van der Waals surface area contributed by atoms with Crippen molar-refractivity contribution < 1.29 is 50.5 Å². The molecule has 1 aliphatic rings. The van der Waals surface area contributed by atoms with Crippen LogP contribution in [0.3, 0.4) is 0 Å². The second kappa shape index (κ2) is 10.8. The molecular weight excluding hydrogens is 565 g/mol. The second-order valence-electron chi connectivity index (χ2n) is 9.34. The molecule has 4 aromatic rings. The molecule has 2 heterocycles. The minimum absolute atomic E-state index is 0.0255. The number of hydrogen-bond acceptors (Lipinski definition) is 6. The smallest absolute Gasteiger partial charge is 0.352 e. The number of hydrogen-bond donors (Lipinski definition) is 0. The van der Waals surface area contributed by atoms with Gasteiger partial charge in [-0.3, -0.25) is 4.79 Å². The second-order valence-corrected chi connectivity index (χ2v) is 9.34. The zero-order valence-corrected chi connectivity index (χ0v) is 22.6. The number of esters is 1. The summed E-state index contributed by atoms with van der Waals surface area (Å²) in [5.74, 6) is -13.8. The maximum atomic E-state index is 14.0. The lowest BCUT2D eigenvalue weighted by Crippen LogP contribution is -2.29. The highest BCUT2D eigenvalue weighted by atomic mass is 19.2. The maximum Gasteiger partial charge on any atom is 0.352 e. The Labute approximate surface area is 235 Å². The molecular formula is C30H22F5NO6. The van der Waals surface area contributed by atoms with Gasteiger partial charge in [0.05, 0.1) is 12.7 Å². The molecule has 1 atom stereocenters. The summed E-state index contributed by atoms with van der Waals surface area (Å²) < 4.78 is 91.5. The number of ether oxygens (including phenoxy) is 4. The van der Waals surface area contributed by atoms with Crippen molar-refractivity contribution >= 4 is 28.7 Å². The van der Waals surface area contributed by atoms with Crippen molar-refractivity contribution in [3.63, 3.8) is 0 Å². The van der Waals surface area contributed by atoms with Crippen LogP contribution in [0.1, 0.15) is 35.3 Å². The zero-order valence-electron chi connectivity index (χ0n) is 22.6. The summed E-state index contributed by atoms with van der Waals surface area (Å²) in [4.78, 5) is 25.8. The number of carbonyl (C=O) groups is 2. The van der Waals surface area contributed by atoms with Crippen molar-refractivity contribution in [2.24, 2.45) is 0 Å². The van der Waals surface area contributed by atoms with Gasteiger partial charge in [0.25, 0.3) is 0 Å². The zero-order chi connectivity index (χ0) is 30.5. The Kier molecular flexibility index (Phi) is 7.40. The monoisotopic (exact) mass is 587 g/mol. The predicted molar refractivity (Wildman–Crippen MR) is 140 cm³/mol. The van der Waals surface area contributed by atoms with Gasteiger partial charge in [0.1, 0.15) is 17.2 Å². The molecule has 0 N–H and O–H groups in total. The number of Topliss-reactive ketones (excluding diaryl/α,β-unsaturated/α-hetero) is 1. The van der Waals surface area contributed by atoms with E-state index in [-0.39, 0.29) is 28.4 Å². The summed E-state index contributed by atoms with van der Waals surface area (Å²) in [6.07, 6.45) is 1.70. The summed E-state index contributed by atoms with van der Waals surface area (Å²) in [5.41, 5.74) is 2.10. The van der Waals surface area contributed by atoms with Gasteiger partial charge in [-0.15, -0.1) is 0 Å². The molecule has 12 heteroatoms. The number of halogens is 5. The van der Waals surface area contributed by atoms with E-state index in [0.29, 0.717) is 17.9 Å². The minimum Gasteiger partial charge on any atom is -0.497 e. The predicted octanol–water partition coefficient (Wildman–Crippen LogP) is 6.66. The summed E-state index contributed by atoms with van der Waals surface area (Å²) in [6, 6.07) is 8.28. The quantitative estimate of drug-likeness (QED) is 0.0601. The average molecular weight is 587 g/mol. The van der Waals surface area contributed by atoms with E-state index in [2.05, 4.69) is 0 Å². The van der Waals surface area contributed by atoms with Crippen molar-refractivity contribution in [2.75, 3.05) is 7.11 Å². The standard InChI is InChI=1S/C30H22F5NO6/c1-5-36-12-15(18-11-16(39-4)6-8-19(18)36)10-21-27(37)17-7-9-20(13(2)28(17)41-21)42-30(38)14(3)40-29-25(34)23(32)22(31)24(33)26(29)35/h6-12,14H,5H2,1-4H3/b21-10-. The number of aromatic nitrogens is 1. The molecule has 0 aliphatic carbocycles. The van der Waals surface area contributed by atoms with Crippen LogP contribution in [0, 0.1) is 36.0 Å². The average Bonchev–Trinajstić information content (AvgIpc) is 3.50. The Morgan fingerprint density at radius 3 is 2.33 bits per heavy atom. The Morgan fingerprint density at radius 2 is 1.69 bits per heavy atom. The van der Waals surface area contributed by atoms with Crippen LogP contribution < -0.4 is 18.9 Å². The Balaban J connectivity index is 1.39. The minimum atomic E-state index is -2.36. The first-order valence-corrected chi connectivity index (χ1v) is 12.6. The molecule has 0 spiro atoms. The molecule has 5 rings (SSSR count).